The molecule has 6 nitrogen and oxygen atoms in total. The molecular weight excluding hydrogens is 428 g/mol. The molecule has 34 heavy (non-hydrogen) atoms. The van der Waals surface area contributed by atoms with E-state index in [1.165, 1.54) is 17.6 Å². The summed E-state index contributed by atoms with van der Waals surface area (Å²) in [5, 5.41) is 0. The second kappa shape index (κ2) is 8.71. The average Bonchev–Trinajstić information content (AvgIpc) is 3.13. The number of imide groups is 1. The molecule has 2 aliphatic rings. The van der Waals surface area contributed by atoms with Crippen LogP contribution in [0, 0.1) is 6.92 Å². The van der Waals surface area contributed by atoms with Crippen LogP contribution < -0.4 is 19.3 Å². The van der Waals surface area contributed by atoms with Crippen molar-refractivity contribution in [2.45, 2.75) is 19.8 Å². The van der Waals surface area contributed by atoms with Gasteiger partial charge in [-0.1, -0.05) is 48.0 Å². The van der Waals surface area contributed by atoms with E-state index in [0.717, 1.165) is 29.7 Å². The molecule has 0 saturated carbocycles. The fourth-order valence-electron chi connectivity index (χ4n) is 4.70. The average molecular weight is 455 g/mol. The summed E-state index contributed by atoms with van der Waals surface area (Å²) in [6, 6.07) is 20.9. The molecule has 0 aliphatic carbocycles. The molecule has 0 atom stereocenters. The number of ether oxygens (including phenoxy) is 2. The van der Waals surface area contributed by atoms with Gasteiger partial charge in [0.2, 0.25) is 0 Å². The summed E-state index contributed by atoms with van der Waals surface area (Å²) in [4.78, 5) is 31.2. The number of aryl methyl sites for hydroxylation is 2. The second-order valence-corrected chi connectivity index (χ2v) is 8.46. The van der Waals surface area contributed by atoms with Crippen LogP contribution in [0.1, 0.15) is 23.1 Å². The summed E-state index contributed by atoms with van der Waals surface area (Å²) in [6.45, 7) is 2.66. The van der Waals surface area contributed by atoms with E-state index in [-0.39, 0.29) is 11.8 Å². The van der Waals surface area contributed by atoms with E-state index in [2.05, 4.69) is 6.07 Å². The van der Waals surface area contributed by atoms with Crippen molar-refractivity contribution in [3.8, 4) is 11.5 Å². The summed E-state index contributed by atoms with van der Waals surface area (Å²) < 4.78 is 10.8. The largest absolute Gasteiger partial charge is 0.497 e. The lowest BCUT2D eigenvalue weighted by Gasteiger charge is -2.32. The molecule has 0 unspecified atom stereocenters. The van der Waals surface area contributed by atoms with E-state index in [1.54, 1.807) is 25.3 Å². The van der Waals surface area contributed by atoms with Gasteiger partial charge >= 0.3 is 0 Å². The Morgan fingerprint density at radius 3 is 2.32 bits per heavy atom. The quantitative estimate of drug-likeness (QED) is 0.521. The fraction of sp³-hybridized carbons (Fsp3) is 0.214. The number of carbonyl (C=O) groups is 2. The Kier molecular flexibility index (Phi) is 5.57. The summed E-state index contributed by atoms with van der Waals surface area (Å²) in [7, 11) is 3.07. The monoisotopic (exact) mass is 454 g/mol. The van der Waals surface area contributed by atoms with Crippen LogP contribution in [0.15, 0.2) is 72.4 Å². The zero-order valence-corrected chi connectivity index (χ0v) is 19.5. The van der Waals surface area contributed by atoms with Crippen molar-refractivity contribution in [2.75, 3.05) is 30.6 Å². The number of anilines is 2. The number of hydrogen-bond donors (Lipinski definition) is 0. The third kappa shape index (κ3) is 3.52. The summed E-state index contributed by atoms with van der Waals surface area (Å²) in [5.74, 6) is 0.248. The van der Waals surface area contributed by atoms with Crippen LogP contribution in [0.4, 0.5) is 11.4 Å². The van der Waals surface area contributed by atoms with E-state index in [9.17, 15) is 9.59 Å². The lowest BCUT2D eigenvalue weighted by molar-refractivity contribution is -0.120. The smallest absolute Gasteiger partial charge is 0.282 e. The maximum atomic E-state index is 14.0. The number of amides is 2. The minimum atomic E-state index is -0.365. The number of carbonyl (C=O) groups excluding carboxylic acids is 2. The zero-order valence-electron chi connectivity index (χ0n) is 19.5. The highest BCUT2D eigenvalue weighted by Crippen LogP contribution is 2.42. The number of fused-ring (bicyclic) bond motifs is 1. The zero-order chi connectivity index (χ0) is 23.8. The highest BCUT2D eigenvalue weighted by molar-refractivity contribution is 6.46. The van der Waals surface area contributed by atoms with Crippen LogP contribution in [0.5, 0.6) is 11.5 Å². The number of methoxy groups -OCH3 is 2. The molecule has 2 heterocycles. The van der Waals surface area contributed by atoms with E-state index in [4.69, 9.17) is 9.47 Å². The second-order valence-electron chi connectivity index (χ2n) is 8.46. The van der Waals surface area contributed by atoms with Crippen LogP contribution in [-0.4, -0.2) is 32.6 Å². The van der Waals surface area contributed by atoms with E-state index < -0.39 is 0 Å². The first-order valence-corrected chi connectivity index (χ1v) is 11.3. The Morgan fingerprint density at radius 1 is 0.824 bits per heavy atom. The number of para-hydroxylation sites is 1. The number of hydrogen-bond acceptors (Lipinski definition) is 5. The third-order valence-electron chi connectivity index (χ3n) is 6.41. The predicted molar refractivity (Wildman–Crippen MR) is 132 cm³/mol. The van der Waals surface area contributed by atoms with Gasteiger partial charge in [0.05, 0.1) is 25.5 Å². The standard InChI is InChI=1S/C28H26N2O4/c1-18-10-12-20(13-11-18)25-26(29-16-6-8-19-7-4-5-9-22(19)29)28(32)30(27(25)31)23-15-14-21(33-2)17-24(23)34-3/h4-5,7,9-15,17H,6,8,16H2,1-3H3. The van der Waals surface area contributed by atoms with Gasteiger partial charge in [-0.2, -0.15) is 0 Å². The van der Waals surface area contributed by atoms with Crippen molar-refractivity contribution >= 4 is 28.8 Å². The maximum absolute atomic E-state index is 14.0. The van der Waals surface area contributed by atoms with Gasteiger partial charge in [0.1, 0.15) is 17.2 Å². The lowest BCUT2D eigenvalue weighted by atomic mass is 9.98. The molecule has 2 amide bonds. The first kappa shape index (κ1) is 21.8. The van der Waals surface area contributed by atoms with Crippen molar-refractivity contribution in [1.29, 1.82) is 0 Å². The van der Waals surface area contributed by atoms with Crippen LogP contribution >= 0.6 is 0 Å². The first-order chi connectivity index (χ1) is 16.5. The van der Waals surface area contributed by atoms with Gasteiger partial charge in [-0.05, 0) is 49.1 Å². The van der Waals surface area contributed by atoms with Crippen LogP contribution in [0.2, 0.25) is 0 Å². The topological polar surface area (TPSA) is 59.1 Å². The normalized spacial score (nSPS) is 15.6. The molecule has 0 bridgehead atoms. The van der Waals surface area contributed by atoms with Crippen LogP contribution in [0.3, 0.4) is 0 Å². The van der Waals surface area contributed by atoms with E-state index in [1.807, 2.05) is 54.3 Å². The van der Waals surface area contributed by atoms with Crippen molar-refractivity contribution in [3.63, 3.8) is 0 Å². The summed E-state index contributed by atoms with van der Waals surface area (Å²) >= 11 is 0. The van der Waals surface area contributed by atoms with Gasteiger partial charge in [-0.15, -0.1) is 0 Å². The molecular formula is C28H26N2O4. The third-order valence-corrected chi connectivity index (χ3v) is 6.41. The molecule has 6 heteroatoms. The molecule has 0 fully saturated rings. The Labute approximate surface area is 199 Å². The minimum absolute atomic E-state index is 0.360. The Bertz CT molecular complexity index is 1310. The number of benzene rings is 3. The van der Waals surface area contributed by atoms with Gasteiger partial charge in [0.15, 0.2) is 0 Å². The van der Waals surface area contributed by atoms with Crippen LogP contribution in [0.25, 0.3) is 5.57 Å². The molecule has 2 aliphatic heterocycles. The SMILES string of the molecule is COc1ccc(N2C(=O)C(c3ccc(C)cc3)=C(N3CCCc4ccccc43)C2=O)c(OC)c1. The van der Waals surface area contributed by atoms with Gasteiger partial charge in [0.25, 0.3) is 11.8 Å². The molecule has 0 saturated heterocycles. The van der Waals surface area contributed by atoms with Gasteiger partial charge in [-0.25, -0.2) is 4.90 Å². The van der Waals surface area contributed by atoms with Crippen molar-refractivity contribution in [2.24, 2.45) is 0 Å². The predicted octanol–water partition coefficient (Wildman–Crippen LogP) is 4.75. The van der Waals surface area contributed by atoms with Gasteiger partial charge < -0.3 is 14.4 Å². The minimum Gasteiger partial charge on any atom is -0.497 e. The summed E-state index contributed by atoms with van der Waals surface area (Å²) in [6.07, 6.45) is 1.84. The van der Waals surface area contributed by atoms with Gasteiger partial charge in [0, 0.05) is 18.3 Å². The summed E-state index contributed by atoms with van der Waals surface area (Å²) in [5.41, 5.74) is 5.14. The highest BCUT2D eigenvalue weighted by Gasteiger charge is 2.44. The van der Waals surface area contributed by atoms with E-state index in [0.29, 0.717) is 35.0 Å². The number of rotatable bonds is 5. The number of nitrogens with zero attached hydrogens (tertiary/aromatic N) is 2. The van der Waals surface area contributed by atoms with Gasteiger partial charge in [-0.3, -0.25) is 9.59 Å². The molecule has 0 spiro atoms. The maximum Gasteiger partial charge on any atom is 0.282 e. The molecule has 0 radical (unpaired) electrons. The Morgan fingerprint density at radius 2 is 1.59 bits per heavy atom. The highest BCUT2D eigenvalue weighted by atomic mass is 16.5. The van der Waals surface area contributed by atoms with Crippen LogP contribution in [-0.2, 0) is 16.0 Å². The molecule has 3 aromatic carbocycles. The van der Waals surface area contributed by atoms with Crippen molar-refractivity contribution in [3.05, 3.63) is 89.1 Å². The molecule has 172 valence electrons. The van der Waals surface area contributed by atoms with E-state index >= 15 is 0 Å². The first-order valence-electron chi connectivity index (χ1n) is 11.3. The Balaban J connectivity index is 1.69. The molecule has 0 aromatic heterocycles. The lowest BCUT2D eigenvalue weighted by Crippen LogP contribution is -2.37. The molecule has 3 aromatic rings. The molecule has 5 rings (SSSR count). The molecule has 0 N–H and O–H groups in total. The Hall–Kier alpha value is -4.06. The van der Waals surface area contributed by atoms with Crippen molar-refractivity contribution in [1.82, 2.24) is 0 Å². The van der Waals surface area contributed by atoms with Crippen molar-refractivity contribution < 1.29 is 19.1 Å². The fourth-order valence-corrected chi connectivity index (χ4v) is 4.70.